The molecule has 1 N–H and O–H groups in total. The van der Waals surface area contributed by atoms with Gasteiger partial charge in [-0.15, -0.1) is 11.3 Å². The van der Waals surface area contributed by atoms with Gasteiger partial charge < -0.3 is 10.2 Å². The number of hydrogen-bond acceptors (Lipinski definition) is 7. The van der Waals surface area contributed by atoms with Crippen LogP contribution in [-0.4, -0.2) is 38.9 Å². The van der Waals surface area contributed by atoms with E-state index >= 15 is 0 Å². The number of thiazole rings is 1. The summed E-state index contributed by atoms with van der Waals surface area (Å²) in [6.07, 6.45) is 5.58. The topological polar surface area (TPSA) is 83.9 Å². The highest BCUT2D eigenvalue weighted by Gasteiger charge is 2.21. The summed E-state index contributed by atoms with van der Waals surface area (Å²) in [5.41, 5.74) is 2.59. The van der Waals surface area contributed by atoms with Crippen molar-refractivity contribution in [2.24, 2.45) is 0 Å². The first-order valence-electron chi connectivity index (χ1n) is 8.93. The van der Waals surface area contributed by atoms with Gasteiger partial charge in [-0.2, -0.15) is 0 Å². The van der Waals surface area contributed by atoms with E-state index < -0.39 is 0 Å². The van der Waals surface area contributed by atoms with Gasteiger partial charge in [-0.05, 0) is 31.9 Å². The van der Waals surface area contributed by atoms with Crippen LogP contribution < -0.4 is 10.2 Å². The van der Waals surface area contributed by atoms with Crippen molar-refractivity contribution in [1.29, 1.82) is 0 Å². The molecule has 0 radical (unpaired) electrons. The fraction of sp³-hybridized carbons (Fsp3) is 0.316. The molecule has 3 aromatic rings. The SMILES string of the molecule is Cc1csc(CNC(=O)c2cnc(N3CCCC3)nc2-c2ccccn2)n1. The zero-order valence-corrected chi connectivity index (χ0v) is 15.9. The molecule has 0 unspecified atom stereocenters. The quantitative estimate of drug-likeness (QED) is 0.733. The summed E-state index contributed by atoms with van der Waals surface area (Å²) < 4.78 is 0. The molecule has 0 spiro atoms. The fourth-order valence-electron chi connectivity index (χ4n) is 3.04. The Bertz CT molecular complexity index is 936. The molecule has 138 valence electrons. The molecule has 1 aliphatic rings. The fourth-order valence-corrected chi connectivity index (χ4v) is 3.75. The van der Waals surface area contributed by atoms with Crippen LogP contribution >= 0.6 is 11.3 Å². The van der Waals surface area contributed by atoms with Crippen molar-refractivity contribution in [1.82, 2.24) is 25.3 Å². The maximum Gasteiger partial charge on any atom is 0.255 e. The van der Waals surface area contributed by atoms with E-state index in [9.17, 15) is 4.79 Å². The van der Waals surface area contributed by atoms with E-state index in [1.807, 2.05) is 30.5 Å². The number of amides is 1. The number of nitrogens with one attached hydrogen (secondary N) is 1. The summed E-state index contributed by atoms with van der Waals surface area (Å²) in [5, 5.41) is 5.75. The van der Waals surface area contributed by atoms with E-state index in [2.05, 4.69) is 30.2 Å². The maximum atomic E-state index is 12.8. The van der Waals surface area contributed by atoms with E-state index in [4.69, 9.17) is 0 Å². The van der Waals surface area contributed by atoms with Crippen LogP contribution in [0.15, 0.2) is 36.0 Å². The van der Waals surface area contributed by atoms with Crippen molar-refractivity contribution < 1.29 is 4.79 Å². The minimum Gasteiger partial charge on any atom is -0.345 e. The maximum absolute atomic E-state index is 12.8. The molecule has 0 atom stereocenters. The number of aryl methyl sites for hydroxylation is 1. The van der Waals surface area contributed by atoms with E-state index in [0.717, 1.165) is 36.6 Å². The molecule has 1 fully saturated rings. The Balaban J connectivity index is 1.63. The van der Waals surface area contributed by atoms with Crippen LogP contribution in [0.2, 0.25) is 0 Å². The third-order valence-electron chi connectivity index (χ3n) is 4.38. The summed E-state index contributed by atoms with van der Waals surface area (Å²) in [6, 6.07) is 5.59. The highest BCUT2D eigenvalue weighted by Crippen LogP contribution is 2.23. The molecule has 0 saturated carbocycles. The first kappa shape index (κ1) is 17.5. The first-order valence-corrected chi connectivity index (χ1v) is 9.81. The second kappa shape index (κ2) is 7.79. The largest absolute Gasteiger partial charge is 0.345 e. The Hall–Kier alpha value is -2.87. The smallest absolute Gasteiger partial charge is 0.255 e. The van der Waals surface area contributed by atoms with Gasteiger partial charge >= 0.3 is 0 Å². The Morgan fingerprint density at radius 1 is 1.22 bits per heavy atom. The Kier molecular flexibility index (Phi) is 5.06. The summed E-state index contributed by atoms with van der Waals surface area (Å²) in [5.74, 6) is 0.428. The molecule has 0 bridgehead atoms. The molecule has 3 aromatic heterocycles. The van der Waals surface area contributed by atoms with E-state index in [1.165, 1.54) is 11.3 Å². The summed E-state index contributed by atoms with van der Waals surface area (Å²) in [6.45, 7) is 4.20. The van der Waals surface area contributed by atoms with Gasteiger partial charge in [-0.1, -0.05) is 6.07 Å². The summed E-state index contributed by atoms with van der Waals surface area (Å²) in [7, 11) is 0. The third-order valence-corrected chi connectivity index (χ3v) is 5.35. The summed E-state index contributed by atoms with van der Waals surface area (Å²) >= 11 is 1.53. The molecular weight excluding hydrogens is 360 g/mol. The average molecular weight is 380 g/mol. The molecule has 4 rings (SSSR count). The van der Waals surface area contributed by atoms with E-state index in [-0.39, 0.29) is 5.91 Å². The van der Waals surface area contributed by atoms with Crippen molar-refractivity contribution in [2.45, 2.75) is 26.3 Å². The van der Waals surface area contributed by atoms with Crippen LogP contribution in [0.1, 0.15) is 33.9 Å². The zero-order valence-electron chi connectivity index (χ0n) is 15.1. The van der Waals surface area contributed by atoms with Crippen molar-refractivity contribution in [3.8, 4) is 11.4 Å². The lowest BCUT2D eigenvalue weighted by atomic mass is 10.1. The number of nitrogens with zero attached hydrogens (tertiary/aromatic N) is 5. The van der Waals surface area contributed by atoms with Crippen molar-refractivity contribution in [2.75, 3.05) is 18.0 Å². The molecule has 8 heteroatoms. The highest BCUT2D eigenvalue weighted by atomic mass is 32.1. The second-order valence-electron chi connectivity index (χ2n) is 6.41. The van der Waals surface area contributed by atoms with Crippen molar-refractivity contribution >= 4 is 23.2 Å². The molecule has 0 aliphatic carbocycles. The van der Waals surface area contributed by atoms with Gasteiger partial charge in [-0.3, -0.25) is 9.78 Å². The van der Waals surface area contributed by atoms with Crippen LogP contribution in [0.25, 0.3) is 11.4 Å². The Morgan fingerprint density at radius 2 is 2.07 bits per heavy atom. The third kappa shape index (κ3) is 3.95. The number of aromatic nitrogens is 4. The van der Waals surface area contributed by atoms with Crippen molar-refractivity contribution in [3.05, 3.63) is 52.2 Å². The molecule has 1 amide bonds. The van der Waals surface area contributed by atoms with E-state index in [1.54, 1.807) is 12.4 Å². The zero-order chi connectivity index (χ0) is 18.6. The Morgan fingerprint density at radius 3 is 2.78 bits per heavy atom. The average Bonchev–Trinajstić information content (AvgIpc) is 3.38. The number of rotatable bonds is 5. The highest BCUT2D eigenvalue weighted by molar-refractivity contribution is 7.09. The van der Waals surface area contributed by atoms with Gasteiger partial charge in [0.15, 0.2) is 0 Å². The van der Waals surface area contributed by atoms with Crippen LogP contribution in [0.4, 0.5) is 5.95 Å². The van der Waals surface area contributed by atoms with E-state index in [0.29, 0.717) is 29.4 Å². The summed E-state index contributed by atoms with van der Waals surface area (Å²) in [4.78, 5) is 32.8. The van der Waals surface area contributed by atoms with Gasteiger partial charge in [0.2, 0.25) is 5.95 Å². The van der Waals surface area contributed by atoms with Crippen LogP contribution in [0.5, 0.6) is 0 Å². The molecule has 1 saturated heterocycles. The Labute approximate surface area is 161 Å². The standard InChI is InChI=1S/C19H20N6OS/c1-13-12-27-16(23-13)11-21-18(26)14-10-22-19(25-8-4-5-9-25)24-17(14)15-6-2-3-7-20-15/h2-3,6-7,10,12H,4-5,8-9,11H2,1H3,(H,21,26). The minimum absolute atomic E-state index is 0.225. The van der Waals surface area contributed by atoms with Crippen LogP contribution in [0.3, 0.4) is 0 Å². The number of pyridine rings is 1. The lowest BCUT2D eigenvalue weighted by Gasteiger charge is -2.17. The lowest BCUT2D eigenvalue weighted by molar-refractivity contribution is 0.0951. The first-order chi connectivity index (χ1) is 13.2. The predicted octanol–water partition coefficient (Wildman–Crippen LogP) is 2.83. The van der Waals surface area contributed by atoms with Gasteiger partial charge in [0.1, 0.15) is 10.7 Å². The van der Waals surface area contributed by atoms with Gasteiger partial charge in [-0.25, -0.2) is 15.0 Å². The molecule has 4 heterocycles. The van der Waals surface area contributed by atoms with Gasteiger partial charge in [0, 0.05) is 36.6 Å². The minimum atomic E-state index is -0.225. The van der Waals surface area contributed by atoms with Gasteiger partial charge in [0.25, 0.3) is 5.91 Å². The number of hydrogen-bond donors (Lipinski definition) is 1. The van der Waals surface area contributed by atoms with Gasteiger partial charge in [0.05, 0.1) is 17.8 Å². The molecule has 27 heavy (non-hydrogen) atoms. The van der Waals surface area contributed by atoms with Crippen LogP contribution in [0, 0.1) is 6.92 Å². The van der Waals surface area contributed by atoms with Crippen LogP contribution in [-0.2, 0) is 6.54 Å². The number of anilines is 1. The normalized spacial score (nSPS) is 13.7. The monoisotopic (exact) mass is 380 g/mol. The molecule has 0 aromatic carbocycles. The molecule has 7 nitrogen and oxygen atoms in total. The lowest BCUT2D eigenvalue weighted by Crippen LogP contribution is -2.26. The number of carbonyl (C=O) groups excluding carboxylic acids is 1. The molecular formula is C19H20N6OS. The predicted molar refractivity (Wildman–Crippen MR) is 105 cm³/mol. The van der Waals surface area contributed by atoms with Crippen molar-refractivity contribution in [3.63, 3.8) is 0 Å². The second-order valence-corrected chi connectivity index (χ2v) is 7.35. The number of carbonyl (C=O) groups is 1. The molecule has 1 aliphatic heterocycles.